The average molecular weight is 392 g/mol. The molecule has 2 aromatic heterocycles. The highest BCUT2D eigenvalue weighted by molar-refractivity contribution is 7.08. The van der Waals surface area contributed by atoms with E-state index in [-0.39, 0.29) is 6.54 Å². The lowest BCUT2D eigenvalue weighted by atomic mass is 10.3. The Morgan fingerprint density at radius 2 is 2.08 bits per heavy atom. The van der Waals surface area contributed by atoms with Crippen LogP contribution >= 0.6 is 22.9 Å². The quantitative estimate of drug-likeness (QED) is 0.648. The number of nitrogens with zero attached hydrogens (tertiary/aromatic N) is 4. The van der Waals surface area contributed by atoms with Crippen molar-refractivity contribution in [1.82, 2.24) is 20.2 Å². The molecule has 26 heavy (non-hydrogen) atoms. The average Bonchev–Trinajstić information content (AvgIpc) is 3.28. The van der Waals surface area contributed by atoms with Gasteiger partial charge in [-0.15, -0.1) is 10.2 Å². The van der Waals surface area contributed by atoms with Crippen molar-refractivity contribution < 1.29 is 14.3 Å². The van der Waals surface area contributed by atoms with Crippen LogP contribution in [0.25, 0.3) is 11.4 Å². The number of esters is 1. The summed E-state index contributed by atoms with van der Waals surface area (Å²) in [4.78, 5) is 25.2. The topological polar surface area (TPSA) is 99.0 Å². The van der Waals surface area contributed by atoms with Gasteiger partial charge in [0.1, 0.15) is 0 Å². The molecule has 0 aliphatic carbocycles. The summed E-state index contributed by atoms with van der Waals surface area (Å²) < 4.78 is 5.11. The van der Waals surface area contributed by atoms with Crippen molar-refractivity contribution in [3.05, 3.63) is 46.1 Å². The van der Waals surface area contributed by atoms with Crippen molar-refractivity contribution >= 4 is 40.5 Å². The summed E-state index contributed by atoms with van der Waals surface area (Å²) in [5, 5.41) is 18.8. The predicted molar refractivity (Wildman–Crippen MR) is 96.8 cm³/mol. The number of rotatable bonds is 6. The van der Waals surface area contributed by atoms with Gasteiger partial charge in [-0.2, -0.15) is 16.1 Å². The second-order valence-corrected chi connectivity index (χ2v) is 6.50. The van der Waals surface area contributed by atoms with Gasteiger partial charge in [-0.25, -0.2) is 4.79 Å². The van der Waals surface area contributed by atoms with Crippen LogP contribution in [0.4, 0.5) is 5.69 Å². The lowest BCUT2D eigenvalue weighted by Crippen LogP contribution is -2.31. The molecular weight excluding hydrogens is 378 g/mol. The number of aromatic nitrogens is 4. The Hall–Kier alpha value is -2.78. The van der Waals surface area contributed by atoms with Crippen LogP contribution in [0.2, 0.25) is 5.02 Å². The first-order chi connectivity index (χ1) is 12.5. The van der Waals surface area contributed by atoms with Crippen molar-refractivity contribution in [1.29, 1.82) is 0 Å². The highest BCUT2D eigenvalue weighted by Gasteiger charge is 2.19. The molecule has 3 rings (SSSR count). The van der Waals surface area contributed by atoms with Gasteiger partial charge >= 0.3 is 5.97 Å². The summed E-state index contributed by atoms with van der Waals surface area (Å²) in [6.07, 6.45) is -0.974. The Kier molecular flexibility index (Phi) is 5.59. The Balaban J connectivity index is 1.52. The number of thiophene rings is 1. The molecule has 8 nitrogen and oxygen atoms in total. The molecule has 0 unspecified atom stereocenters. The van der Waals surface area contributed by atoms with Crippen molar-refractivity contribution in [3.63, 3.8) is 0 Å². The molecule has 0 aliphatic rings. The number of hydrogen-bond acceptors (Lipinski definition) is 7. The lowest BCUT2D eigenvalue weighted by Gasteiger charge is -2.13. The van der Waals surface area contributed by atoms with Crippen molar-refractivity contribution in [3.8, 4) is 11.4 Å². The molecule has 0 bridgehead atoms. The molecule has 3 aromatic rings. The highest BCUT2D eigenvalue weighted by atomic mass is 35.5. The van der Waals surface area contributed by atoms with Crippen molar-refractivity contribution in [2.75, 3.05) is 5.32 Å². The van der Waals surface area contributed by atoms with Gasteiger partial charge in [-0.3, -0.25) is 4.79 Å². The first kappa shape index (κ1) is 18.0. The number of hydrogen-bond donors (Lipinski definition) is 1. The van der Waals surface area contributed by atoms with Gasteiger partial charge in [0, 0.05) is 21.7 Å². The fourth-order valence-corrected chi connectivity index (χ4v) is 2.76. The minimum Gasteiger partial charge on any atom is -0.451 e. The van der Waals surface area contributed by atoms with Crippen LogP contribution in [-0.4, -0.2) is 38.2 Å². The summed E-state index contributed by atoms with van der Waals surface area (Å²) >= 11 is 7.30. The second kappa shape index (κ2) is 8.07. The molecule has 0 radical (unpaired) electrons. The van der Waals surface area contributed by atoms with Crippen LogP contribution < -0.4 is 5.32 Å². The molecule has 1 N–H and O–H groups in total. The van der Waals surface area contributed by atoms with Crippen LogP contribution in [0.3, 0.4) is 0 Å². The van der Waals surface area contributed by atoms with Gasteiger partial charge in [0.25, 0.3) is 5.91 Å². The molecular formula is C16H14ClN5O3S. The molecule has 0 saturated carbocycles. The molecule has 1 aromatic carbocycles. The van der Waals surface area contributed by atoms with Gasteiger partial charge in [0.2, 0.25) is 5.82 Å². The fraction of sp³-hybridized carbons (Fsp3) is 0.188. The van der Waals surface area contributed by atoms with E-state index in [1.807, 2.05) is 16.8 Å². The number of tetrazole rings is 1. The van der Waals surface area contributed by atoms with E-state index in [9.17, 15) is 9.59 Å². The summed E-state index contributed by atoms with van der Waals surface area (Å²) in [5.41, 5.74) is 1.38. The number of benzene rings is 1. The number of anilines is 1. The van der Waals surface area contributed by atoms with E-state index < -0.39 is 18.0 Å². The summed E-state index contributed by atoms with van der Waals surface area (Å²) in [6, 6.07) is 8.46. The summed E-state index contributed by atoms with van der Waals surface area (Å²) in [6.45, 7) is 1.24. The fourth-order valence-electron chi connectivity index (χ4n) is 2.00. The van der Waals surface area contributed by atoms with Gasteiger partial charge in [-0.1, -0.05) is 11.6 Å². The third kappa shape index (κ3) is 4.64. The number of carbonyl (C=O) groups is 2. The Morgan fingerprint density at radius 1 is 1.31 bits per heavy atom. The van der Waals surface area contributed by atoms with E-state index in [0.29, 0.717) is 16.5 Å². The predicted octanol–water partition coefficient (Wildman–Crippen LogP) is 2.63. The van der Waals surface area contributed by atoms with E-state index in [1.54, 1.807) is 24.3 Å². The highest BCUT2D eigenvalue weighted by Crippen LogP contribution is 2.16. The van der Waals surface area contributed by atoms with Crippen LogP contribution in [0.5, 0.6) is 0 Å². The minimum absolute atomic E-state index is 0.240. The first-order valence-corrected chi connectivity index (χ1v) is 8.89. The number of carbonyl (C=O) groups excluding carboxylic acids is 2. The zero-order valence-electron chi connectivity index (χ0n) is 13.6. The Labute approximate surface area is 157 Å². The number of nitrogens with one attached hydrogen (secondary N) is 1. The van der Waals surface area contributed by atoms with E-state index in [0.717, 1.165) is 10.4 Å². The standard InChI is InChI=1S/C16H14ClN5O3S/c1-10(16(24)18-13-4-2-12(17)3-5-13)25-14(23)8-22-20-15(19-21-22)11-6-7-26-9-11/h2-7,9-10H,8H2,1H3,(H,18,24)/t10-/m0/s1. The van der Waals surface area contributed by atoms with E-state index in [4.69, 9.17) is 16.3 Å². The Bertz CT molecular complexity index is 895. The minimum atomic E-state index is -0.974. The molecule has 0 spiro atoms. The maximum Gasteiger partial charge on any atom is 0.330 e. The smallest absolute Gasteiger partial charge is 0.330 e. The van der Waals surface area contributed by atoms with Gasteiger partial charge < -0.3 is 10.1 Å². The van der Waals surface area contributed by atoms with Crippen LogP contribution in [0.15, 0.2) is 41.1 Å². The van der Waals surface area contributed by atoms with E-state index in [1.165, 1.54) is 18.3 Å². The molecule has 0 saturated heterocycles. The third-order valence-electron chi connectivity index (χ3n) is 3.29. The summed E-state index contributed by atoms with van der Waals surface area (Å²) in [5.74, 6) is -0.670. The second-order valence-electron chi connectivity index (χ2n) is 5.28. The molecule has 134 valence electrons. The molecule has 0 aliphatic heterocycles. The Morgan fingerprint density at radius 3 is 2.77 bits per heavy atom. The first-order valence-electron chi connectivity index (χ1n) is 7.57. The normalized spacial score (nSPS) is 11.8. The van der Waals surface area contributed by atoms with Gasteiger partial charge in [0.05, 0.1) is 0 Å². The largest absolute Gasteiger partial charge is 0.451 e. The van der Waals surface area contributed by atoms with E-state index >= 15 is 0 Å². The van der Waals surface area contributed by atoms with Crippen LogP contribution in [0, 0.1) is 0 Å². The zero-order chi connectivity index (χ0) is 18.5. The maximum atomic E-state index is 12.1. The zero-order valence-corrected chi connectivity index (χ0v) is 15.2. The molecule has 1 amide bonds. The SMILES string of the molecule is C[C@H](OC(=O)Cn1nnc(-c2ccsc2)n1)C(=O)Nc1ccc(Cl)cc1. The van der Waals surface area contributed by atoms with Crippen molar-refractivity contribution in [2.24, 2.45) is 0 Å². The summed E-state index contributed by atoms with van der Waals surface area (Å²) in [7, 11) is 0. The van der Waals surface area contributed by atoms with E-state index in [2.05, 4.69) is 20.7 Å². The van der Waals surface area contributed by atoms with Crippen LogP contribution in [-0.2, 0) is 20.9 Å². The molecule has 10 heteroatoms. The number of ether oxygens (including phenoxy) is 1. The lowest BCUT2D eigenvalue weighted by molar-refractivity contribution is -0.154. The van der Waals surface area contributed by atoms with Gasteiger partial charge in [0.15, 0.2) is 12.6 Å². The molecule has 1 atom stereocenters. The van der Waals surface area contributed by atoms with Crippen LogP contribution in [0.1, 0.15) is 6.92 Å². The number of halogens is 1. The molecule has 0 fully saturated rings. The van der Waals surface area contributed by atoms with Crippen molar-refractivity contribution in [2.45, 2.75) is 19.6 Å². The monoisotopic (exact) mass is 391 g/mol. The molecule has 2 heterocycles. The number of amides is 1. The third-order valence-corrected chi connectivity index (χ3v) is 4.23. The van der Waals surface area contributed by atoms with Gasteiger partial charge in [-0.05, 0) is 47.8 Å². The maximum absolute atomic E-state index is 12.1.